The summed E-state index contributed by atoms with van der Waals surface area (Å²) in [5.74, 6) is -0.0385. The van der Waals surface area contributed by atoms with Crippen LogP contribution in [0.2, 0.25) is 0 Å². The van der Waals surface area contributed by atoms with E-state index in [0.717, 1.165) is 51.4 Å². The predicted molar refractivity (Wildman–Crippen MR) is 143 cm³/mol. The lowest BCUT2D eigenvalue weighted by atomic mass is 9.92. The Bertz CT molecular complexity index is 568. The number of halogens is 1. The van der Waals surface area contributed by atoms with Gasteiger partial charge in [-0.25, -0.2) is 0 Å². The number of carbonyl (C=O) groups is 2. The minimum absolute atomic E-state index is 0. The van der Waals surface area contributed by atoms with Crippen molar-refractivity contribution in [1.82, 2.24) is 10.6 Å². The van der Waals surface area contributed by atoms with Crippen LogP contribution in [0, 0.1) is 0 Å². The van der Waals surface area contributed by atoms with E-state index in [9.17, 15) is 9.59 Å². The number of piperidine rings is 2. The fourth-order valence-corrected chi connectivity index (χ4v) is 5.97. The summed E-state index contributed by atoms with van der Waals surface area (Å²) in [6.45, 7) is 4.31. The summed E-state index contributed by atoms with van der Waals surface area (Å²) in [6.07, 6.45) is 18.9. The maximum absolute atomic E-state index is 12.3. The van der Waals surface area contributed by atoms with Crippen LogP contribution in [0.3, 0.4) is 0 Å². The molecule has 2 N–H and O–H groups in total. The molecule has 6 nitrogen and oxygen atoms in total. The van der Waals surface area contributed by atoms with Gasteiger partial charge in [0.25, 0.3) is 0 Å². The number of hydrogen-bond acceptors (Lipinski definition) is 6. The molecule has 4 bridgehead atoms. The Morgan fingerprint density at radius 3 is 1.31 bits per heavy atom. The summed E-state index contributed by atoms with van der Waals surface area (Å²) in [5, 5.41) is 7.35. The highest BCUT2D eigenvalue weighted by atomic mass is 35.5. The summed E-state index contributed by atoms with van der Waals surface area (Å²) in [4.78, 5) is 24.6. The zero-order valence-corrected chi connectivity index (χ0v) is 23.0. The van der Waals surface area contributed by atoms with Crippen LogP contribution in [-0.2, 0) is 19.1 Å². The smallest absolute Gasteiger partial charge is 0.306 e. The summed E-state index contributed by atoms with van der Waals surface area (Å²) in [6, 6.07) is 1.53. The second-order valence-electron chi connectivity index (χ2n) is 11.1. The Morgan fingerprint density at radius 2 is 0.914 bits per heavy atom. The van der Waals surface area contributed by atoms with Crippen molar-refractivity contribution in [2.45, 2.75) is 166 Å². The first-order valence-corrected chi connectivity index (χ1v) is 14.4. The zero-order valence-electron chi connectivity index (χ0n) is 22.2. The molecule has 0 radical (unpaired) electrons. The average Bonchev–Trinajstić information content (AvgIpc) is 2.80. The van der Waals surface area contributed by atoms with Gasteiger partial charge in [-0.15, -0.1) is 12.4 Å². The van der Waals surface area contributed by atoms with Gasteiger partial charge in [-0.1, -0.05) is 51.4 Å². The number of esters is 2. The molecule has 6 fully saturated rings. The number of ether oxygens (including phenoxy) is 2. The summed E-state index contributed by atoms with van der Waals surface area (Å²) < 4.78 is 11.6. The Morgan fingerprint density at radius 1 is 0.543 bits per heavy atom. The van der Waals surface area contributed by atoms with Crippen LogP contribution in [0.25, 0.3) is 0 Å². The Labute approximate surface area is 219 Å². The molecule has 6 aliphatic rings. The number of hydrogen-bond donors (Lipinski definition) is 2. The van der Waals surface area contributed by atoms with Crippen molar-refractivity contribution in [3.8, 4) is 0 Å². The fraction of sp³-hybridized carbons (Fsp3) is 0.929. The monoisotopic (exact) mass is 514 g/mol. The van der Waals surface area contributed by atoms with Crippen LogP contribution in [-0.4, -0.2) is 48.3 Å². The van der Waals surface area contributed by atoms with Crippen LogP contribution in [0.15, 0.2) is 0 Å². The Balaban J connectivity index is 0.00000432. The molecule has 0 amide bonds. The molecule has 6 saturated heterocycles. The van der Waals surface area contributed by atoms with Crippen LogP contribution in [0.4, 0.5) is 0 Å². The third-order valence-corrected chi connectivity index (χ3v) is 8.14. The lowest BCUT2D eigenvalue weighted by Crippen LogP contribution is -2.50. The van der Waals surface area contributed by atoms with Crippen molar-refractivity contribution in [3.63, 3.8) is 0 Å². The molecule has 0 aromatic carbocycles. The summed E-state index contributed by atoms with van der Waals surface area (Å²) in [7, 11) is 0. The van der Waals surface area contributed by atoms with E-state index in [1.54, 1.807) is 0 Å². The second-order valence-corrected chi connectivity index (χ2v) is 11.1. The normalized spacial score (nSPS) is 35.5. The van der Waals surface area contributed by atoms with Gasteiger partial charge in [-0.05, 0) is 65.2 Å². The van der Waals surface area contributed by atoms with E-state index in [1.165, 1.54) is 51.4 Å². The lowest BCUT2D eigenvalue weighted by Gasteiger charge is -2.35. The first kappa shape index (κ1) is 30.4. The molecule has 35 heavy (non-hydrogen) atoms. The first-order chi connectivity index (χ1) is 16.5. The van der Waals surface area contributed by atoms with Gasteiger partial charge in [0.05, 0.1) is 0 Å². The van der Waals surface area contributed by atoms with Gasteiger partial charge in [-0.2, -0.15) is 0 Å². The highest BCUT2D eigenvalue weighted by molar-refractivity contribution is 5.85. The minimum atomic E-state index is -0.0193. The van der Waals surface area contributed by atoms with E-state index in [1.807, 2.05) is 0 Å². The topological polar surface area (TPSA) is 76.7 Å². The fourth-order valence-electron chi connectivity index (χ4n) is 5.97. The quantitative estimate of drug-likeness (QED) is 0.387. The molecule has 204 valence electrons. The van der Waals surface area contributed by atoms with Gasteiger partial charge in [0, 0.05) is 37.0 Å². The number of carbonyl (C=O) groups excluding carboxylic acids is 2. The highest BCUT2D eigenvalue weighted by Crippen LogP contribution is 2.23. The standard InChI is InChI=1S/C28H50N2O4.ClH/c1-21-25-19-17-23(29-21)13-9-5-3-8-12-16-28(32)34-26-20-18-24(30-22(26)2)14-10-6-4-7-11-15-27(31)33-25;/h21-26,29-30H,3-20H2,1-2H3;1H. The van der Waals surface area contributed by atoms with Crippen LogP contribution in [0.1, 0.15) is 129 Å². The molecule has 6 rings (SSSR count). The molecule has 0 aromatic rings. The van der Waals surface area contributed by atoms with Crippen LogP contribution in [0.5, 0.6) is 0 Å². The Hall–Kier alpha value is -0.850. The van der Waals surface area contributed by atoms with Crippen molar-refractivity contribution in [3.05, 3.63) is 0 Å². The molecule has 0 saturated carbocycles. The maximum atomic E-state index is 12.3. The van der Waals surface area contributed by atoms with Gasteiger partial charge in [0.1, 0.15) is 12.2 Å². The third kappa shape index (κ3) is 11.4. The van der Waals surface area contributed by atoms with E-state index < -0.39 is 0 Å². The van der Waals surface area contributed by atoms with Crippen molar-refractivity contribution in [1.29, 1.82) is 0 Å². The summed E-state index contributed by atoms with van der Waals surface area (Å²) in [5.41, 5.74) is 0. The van der Waals surface area contributed by atoms with Crippen LogP contribution < -0.4 is 10.6 Å². The number of rotatable bonds is 0. The highest BCUT2D eigenvalue weighted by Gasteiger charge is 2.30. The average molecular weight is 515 g/mol. The molecule has 0 spiro atoms. The van der Waals surface area contributed by atoms with Crippen molar-refractivity contribution >= 4 is 24.3 Å². The van der Waals surface area contributed by atoms with Gasteiger partial charge < -0.3 is 20.1 Å². The van der Waals surface area contributed by atoms with Crippen molar-refractivity contribution < 1.29 is 19.1 Å². The SMILES string of the molecule is CC1NC2CCCCCCCC(=O)OC3CCC(CCCCCCCC(=O)OC1CC2)NC3C.Cl. The van der Waals surface area contributed by atoms with E-state index in [2.05, 4.69) is 24.5 Å². The molecular weight excluding hydrogens is 464 g/mol. The van der Waals surface area contributed by atoms with Crippen molar-refractivity contribution in [2.75, 3.05) is 0 Å². The molecular formula is C28H51ClN2O4. The van der Waals surface area contributed by atoms with Crippen LogP contribution >= 0.6 is 12.4 Å². The second kappa shape index (κ2) is 16.8. The van der Waals surface area contributed by atoms with Gasteiger partial charge in [0.2, 0.25) is 0 Å². The predicted octanol–water partition coefficient (Wildman–Crippen LogP) is 5.99. The van der Waals surface area contributed by atoms with E-state index in [-0.39, 0.29) is 48.6 Å². The largest absolute Gasteiger partial charge is 0.461 e. The van der Waals surface area contributed by atoms with Gasteiger partial charge in [0.15, 0.2) is 0 Å². The van der Waals surface area contributed by atoms with E-state index >= 15 is 0 Å². The maximum Gasteiger partial charge on any atom is 0.306 e. The molecule has 6 aliphatic heterocycles. The third-order valence-electron chi connectivity index (χ3n) is 8.14. The zero-order chi connectivity index (χ0) is 24.2. The summed E-state index contributed by atoms with van der Waals surface area (Å²) >= 11 is 0. The van der Waals surface area contributed by atoms with Gasteiger partial charge in [-0.3, -0.25) is 9.59 Å². The molecule has 6 atom stereocenters. The molecule has 0 aliphatic carbocycles. The van der Waals surface area contributed by atoms with E-state index in [0.29, 0.717) is 24.9 Å². The molecule has 6 unspecified atom stereocenters. The molecule has 6 heterocycles. The molecule has 7 heteroatoms. The van der Waals surface area contributed by atoms with Crippen molar-refractivity contribution in [2.24, 2.45) is 0 Å². The van der Waals surface area contributed by atoms with Gasteiger partial charge >= 0.3 is 11.9 Å². The first-order valence-electron chi connectivity index (χ1n) is 14.4. The number of nitrogens with one attached hydrogen (secondary N) is 2. The lowest BCUT2D eigenvalue weighted by molar-refractivity contribution is -0.153. The van der Waals surface area contributed by atoms with E-state index in [4.69, 9.17) is 9.47 Å². The Kier molecular flexibility index (Phi) is 14.6. The minimum Gasteiger partial charge on any atom is -0.461 e. The molecule has 0 aromatic heterocycles.